The first kappa shape index (κ1) is 12.0. The van der Waals surface area contributed by atoms with Crippen LogP contribution in [-0.4, -0.2) is 26.9 Å². The van der Waals surface area contributed by atoms with Crippen molar-refractivity contribution in [3.63, 3.8) is 0 Å². The molecule has 2 rings (SSSR count). The summed E-state index contributed by atoms with van der Waals surface area (Å²) in [6.07, 6.45) is 1.64. The maximum atomic E-state index is 6.02. The van der Waals surface area contributed by atoms with Crippen molar-refractivity contribution in [3.05, 3.63) is 34.5 Å². The van der Waals surface area contributed by atoms with Crippen LogP contribution < -0.4 is 0 Å². The maximum absolute atomic E-state index is 6.02. The van der Waals surface area contributed by atoms with E-state index in [9.17, 15) is 0 Å². The highest BCUT2D eigenvalue weighted by atomic mass is 35.5. The number of hydrogen-bond donors (Lipinski definition) is 0. The van der Waals surface area contributed by atoms with Gasteiger partial charge in [0.05, 0.1) is 18.5 Å². The number of ether oxygens (including phenoxy) is 1. The highest BCUT2D eigenvalue weighted by Gasteiger charge is 2.09. The maximum Gasteiger partial charge on any atom is 0.173 e. The van der Waals surface area contributed by atoms with E-state index in [0.717, 1.165) is 11.4 Å². The second-order valence-corrected chi connectivity index (χ2v) is 4.10. The van der Waals surface area contributed by atoms with Gasteiger partial charge in [-0.25, -0.2) is 9.67 Å². The van der Waals surface area contributed by atoms with Gasteiger partial charge in [-0.1, -0.05) is 11.6 Å². The Labute approximate surface area is 104 Å². The molecule has 0 bridgehead atoms. The average molecular weight is 253 g/mol. The number of aryl methyl sites for hydroxylation is 2. The summed E-state index contributed by atoms with van der Waals surface area (Å²) in [7, 11) is 1.59. The molecular weight excluding hydrogens is 240 g/mol. The van der Waals surface area contributed by atoms with Crippen LogP contribution in [0.2, 0.25) is 5.15 Å². The van der Waals surface area contributed by atoms with Crippen molar-refractivity contribution < 1.29 is 4.74 Å². The summed E-state index contributed by atoms with van der Waals surface area (Å²) in [5, 5.41) is 4.67. The Bertz CT molecular complexity index is 538. The van der Waals surface area contributed by atoms with E-state index in [0.29, 0.717) is 23.3 Å². The van der Waals surface area contributed by atoms with Crippen molar-refractivity contribution in [1.29, 1.82) is 0 Å². The zero-order chi connectivity index (χ0) is 12.4. The fourth-order valence-electron chi connectivity index (χ4n) is 1.58. The van der Waals surface area contributed by atoms with Gasteiger partial charge in [0.2, 0.25) is 0 Å². The molecule has 2 aromatic heterocycles. The predicted molar refractivity (Wildman–Crippen MR) is 64.4 cm³/mol. The molecule has 2 heterocycles. The zero-order valence-corrected chi connectivity index (χ0v) is 10.7. The van der Waals surface area contributed by atoms with E-state index >= 15 is 0 Å². The van der Waals surface area contributed by atoms with E-state index in [-0.39, 0.29) is 0 Å². The number of methoxy groups -OCH3 is 1. The molecule has 2 aromatic rings. The SMILES string of the molecule is COCc1ncc(-n2nc(C)cc2C)nc1Cl. The van der Waals surface area contributed by atoms with E-state index < -0.39 is 0 Å². The minimum absolute atomic E-state index is 0.344. The van der Waals surface area contributed by atoms with Gasteiger partial charge in [0.25, 0.3) is 0 Å². The Morgan fingerprint density at radius 1 is 1.41 bits per heavy atom. The van der Waals surface area contributed by atoms with E-state index in [1.807, 2.05) is 19.9 Å². The lowest BCUT2D eigenvalue weighted by Crippen LogP contribution is -2.05. The zero-order valence-electron chi connectivity index (χ0n) is 9.94. The Morgan fingerprint density at radius 3 is 2.71 bits per heavy atom. The number of nitrogens with zero attached hydrogens (tertiary/aromatic N) is 4. The van der Waals surface area contributed by atoms with Crippen LogP contribution in [-0.2, 0) is 11.3 Å². The first-order valence-corrected chi connectivity index (χ1v) is 5.53. The molecule has 0 aromatic carbocycles. The standard InChI is InChI=1S/C11H13ClN4O/c1-7-4-8(2)16(15-7)10-5-13-9(6-17-3)11(12)14-10/h4-5H,6H2,1-3H3. The summed E-state index contributed by atoms with van der Waals surface area (Å²) < 4.78 is 6.69. The van der Waals surface area contributed by atoms with Gasteiger partial charge >= 0.3 is 0 Å². The van der Waals surface area contributed by atoms with Crippen molar-refractivity contribution in [1.82, 2.24) is 19.7 Å². The van der Waals surface area contributed by atoms with Crippen molar-refractivity contribution in [3.8, 4) is 5.82 Å². The lowest BCUT2D eigenvalue weighted by atomic mass is 10.4. The number of aromatic nitrogens is 4. The Balaban J connectivity index is 2.41. The summed E-state index contributed by atoms with van der Waals surface area (Å²) in [5.41, 5.74) is 2.55. The van der Waals surface area contributed by atoms with Gasteiger partial charge in [-0.15, -0.1) is 0 Å². The van der Waals surface area contributed by atoms with E-state index in [1.54, 1.807) is 18.0 Å². The van der Waals surface area contributed by atoms with Crippen LogP contribution in [0.4, 0.5) is 0 Å². The molecule has 0 saturated carbocycles. The number of halogens is 1. The normalized spacial score (nSPS) is 10.8. The fraction of sp³-hybridized carbons (Fsp3) is 0.364. The Hall–Kier alpha value is -1.46. The molecule has 90 valence electrons. The van der Waals surface area contributed by atoms with Gasteiger partial charge in [-0.05, 0) is 19.9 Å². The van der Waals surface area contributed by atoms with Crippen LogP contribution in [0, 0.1) is 13.8 Å². The van der Waals surface area contributed by atoms with Gasteiger partial charge in [-0.3, -0.25) is 4.98 Å². The minimum Gasteiger partial charge on any atom is -0.378 e. The molecule has 17 heavy (non-hydrogen) atoms. The molecule has 0 radical (unpaired) electrons. The second-order valence-electron chi connectivity index (χ2n) is 3.74. The molecule has 0 spiro atoms. The van der Waals surface area contributed by atoms with E-state index in [1.165, 1.54) is 0 Å². The Morgan fingerprint density at radius 2 is 2.18 bits per heavy atom. The smallest absolute Gasteiger partial charge is 0.173 e. The molecule has 0 saturated heterocycles. The lowest BCUT2D eigenvalue weighted by Gasteiger charge is -2.06. The van der Waals surface area contributed by atoms with Crippen LogP contribution in [0.1, 0.15) is 17.1 Å². The fourth-order valence-corrected chi connectivity index (χ4v) is 1.77. The average Bonchev–Trinajstić information content (AvgIpc) is 2.61. The van der Waals surface area contributed by atoms with Gasteiger partial charge in [0.1, 0.15) is 5.69 Å². The molecule has 0 atom stereocenters. The second kappa shape index (κ2) is 4.81. The van der Waals surface area contributed by atoms with Crippen LogP contribution in [0.25, 0.3) is 5.82 Å². The Kier molecular flexibility index (Phi) is 3.40. The van der Waals surface area contributed by atoms with Crippen LogP contribution in [0.15, 0.2) is 12.3 Å². The first-order valence-electron chi connectivity index (χ1n) is 5.16. The molecular formula is C11H13ClN4O. The first-order chi connectivity index (χ1) is 8.11. The largest absolute Gasteiger partial charge is 0.378 e. The topological polar surface area (TPSA) is 52.8 Å². The van der Waals surface area contributed by atoms with E-state index in [2.05, 4.69) is 15.1 Å². The molecule has 0 N–H and O–H groups in total. The quantitative estimate of drug-likeness (QED) is 0.839. The summed E-state index contributed by atoms with van der Waals surface area (Å²) in [4.78, 5) is 8.47. The number of hydrogen-bond acceptors (Lipinski definition) is 4. The van der Waals surface area contributed by atoms with Crippen molar-refractivity contribution >= 4 is 11.6 Å². The van der Waals surface area contributed by atoms with Crippen LogP contribution >= 0.6 is 11.6 Å². The molecule has 5 nitrogen and oxygen atoms in total. The van der Waals surface area contributed by atoms with E-state index in [4.69, 9.17) is 16.3 Å². The molecule has 0 amide bonds. The summed E-state index contributed by atoms with van der Waals surface area (Å²) >= 11 is 6.02. The van der Waals surface area contributed by atoms with Crippen LogP contribution in [0.5, 0.6) is 0 Å². The van der Waals surface area contributed by atoms with Crippen LogP contribution in [0.3, 0.4) is 0 Å². The van der Waals surface area contributed by atoms with Gasteiger partial charge in [0.15, 0.2) is 11.0 Å². The molecule has 0 aliphatic rings. The third-order valence-corrected chi connectivity index (χ3v) is 2.60. The summed E-state index contributed by atoms with van der Waals surface area (Å²) in [5.74, 6) is 0.612. The summed E-state index contributed by atoms with van der Waals surface area (Å²) in [6, 6.07) is 1.97. The molecule has 6 heteroatoms. The van der Waals surface area contributed by atoms with Gasteiger partial charge < -0.3 is 4.74 Å². The third kappa shape index (κ3) is 2.45. The van der Waals surface area contributed by atoms with Gasteiger partial charge in [0, 0.05) is 12.8 Å². The molecule has 0 unspecified atom stereocenters. The van der Waals surface area contributed by atoms with Crippen molar-refractivity contribution in [2.75, 3.05) is 7.11 Å². The van der Waals surface area contributed by atoms with Crippen molar-refractivity contribution in [2.24, 2.45) is 0 Å². The minimum atomic E-state index is 0.344. The monoisotopic (exact) mass is 252 g/mol. The van der Waals surface area contributed by atoms with Gasteiger partial charge in [-0.2, -0.15) is 5.10 Å². The lowest BCUT2D eigenvalue weighted by molar-refractivity contribution is 0.181. The molecule has 0 aliphatic carbocycles. The molecule has 0 fully saturated rings. The van der Waals surface area contributed by atoms with Crippen molar-refractivity contribution in [2.45, 2.75) is 20.5 Å². The predicted octanol–water partition coefficient (Wildman–Crippen LogP) is 2.08. The number of rotatable bonds is 3. The highest BCUT2D eigenvalue weighted by molar-refractivity contribution is 6.30. The highest BCUT2D eigenvalue weighted by Crippen LogP contribution is 2.15. The molecule has 0 aliphatic heterocycles. The summed E-state index contributed by atoms with van der Waals surface area (Å²) in [6.45, 7) is 4.24. The third-order valence-electron chi connectivity index (χ3n) is 2.29.